The minimum atomic E-state index is -0.141. The van der Waals surface area contributed by atoms with E-state index in [-0.39, 0.29) is 29.2 Å². The average molecular weight is 512 g/mol. The number of para-hydroxylation sites is 3. The van der Waals surface area contributed by atoms with Gasteiger partial charge in [0.25, 0.3) is 11.5 Å². The summed E-state index contributed by atoms with van der Waals surface area (Å²) in [5.41, 5.74) is 3.71. The van der Waals surface area contributed by atoms with Crippen molar-refractivity contribution < 1.29 is 9.59 Å². The van der Waals surface area contributed by atoms with E-state index in [0.717, 1.165) is 60.0 Å². The van der Waals surface area contributed by atoms with Gasteiger partial charge in [0.2, 0.25) is 5.91 Å². The number of aryl methyl sites for hydroxylation is 3. The Bertz CT molecular complexity index is 1610. The van der Waals surface area contributed by atoms with Crippen molar-refractivity contribution in [2.75, 3.05) is 26.2 Å². The maximum absolute atomic E-state index is 13.3. The first kappa shape index (κ1) is 24.4. The first-order valence-corrected chi connectivity index (χ1v) is 13.4. The van der Waals surface area contributed by atoms with Crippen LogP contribution >= 0.6 is 0 Å². The monoisotopic (exact) mass is 511 g/mol. The molecular formula is C30H33N5O3. The Morgan fingerprint density at radius 2 is 1.53 bits per heavy atom. The number of nitrogens with zero attached hydrogens (tertiary/aromatic N) is 5. The molecule has 0 N–H and O–H groups in total. The van der Waals surface area contributed by atoms with Crippen LogP contribution in [0.2, 0.25) is 0 Å². The van der Waals surface area contributed by atoms with Crippen molar-refractivity contribution in [3.8, 4) is 0 Å². The summed E-state index contributed by atoms with van der Waals surface area (Å²) in [5.74, 6) is 0.154. The van der Waals surface area contributed by atoms with E-state index in [4.69, 9.17) is 0 Å². The van der Waals surface area contributed by atoms with E-state index in [1.54, 1.807) is 11.6 Å². The first-order chi connectivity index (χ1) is 18.3. The van der Waals surface area contributed by atoms with E-state index in [9.17, 15) is 14.4 Å². The zero-order valence-electron chi connectivity index (χ0n) is 22.0. The molecule has 4 aromatic rings. The molecule has 38 heavy (non-hydrogen) atoms. The quantitative estimate of drug-likeness (QED) is 0.420. The maximum atomic E-state index is 13.3. The van der Waals surface area contributed by atoms with E-state index in [2.05, 4.69) is 4.98 Å². The lowest BCUT2D eigenvalue weighted by atomic mass is 9.77. The molecule has 8 nitrogen and oxygen atoms in total. The summed E-state index contributed by atoms with van der Waals surface area (Å²) in [5, 5.41) is 1.08. The first-order valence-electron chi connectivity index (χ1n) is 13.4. The van der Waals surface area contributed by atoms with Crippen LogP contribution in [0.1, 0.15) is 41.9 Å². The number of fused-ring (bicyclic) bond motifs is 2. The van der Waals surface area contributed by atoms with Gasteiger partial charge in [0, 0.05) is 64.0 Å². The fourth-order valence-corrected chi connectivity index (χ4v) is 6.28. The molecule has 2 aliphatic rings. The maximum Gasteiger partial charge on any atom is 0.272 e. The molecule has 2 aliphatic heterocycles. The summed E-state index contributed by atoms with van der Waals surface area (Å²) in [7, 11) is 3.70. The third-order valence-corrected chi connectivity index (χ3v) is 8.70. The van der Waals surface area contributed by atoms with Crippen LogP contribution in [0.25, 0.3) is 21.9 Å². The molecule has 0 radical (unpaired) electrons. The predicted octanol–water partition coefficient (Wildman–Crippen LogP) is 3.51. The minimum absolute atomic E-state index is 0.0721. The Kier molecular flexibility index (Phi) is 6.05. The molecule has 2 amide bonds. The molecule has 0 unspecified atom stereocenters. The van der Waals surface area contributed by atoms with Crippen molar-refractivity contribution in [1.29, 1.82) is 0 Å². The molecule has 2 fully saturated rings. The fourth-order valence-electron chi connectivity index (χ4n) is 6.28. The van der Waals surface area contributed by atoms with Crippen molar-refractivity contribution in [1.82, 2.24) is 23.9 Å². The van der Waals surface area contributed by atoms with Gasteiger partial charge in [0.05, 0.1) is 11.0 Å². The summed E-state index contributed by atoms with van der Waals surface area (Å²) in [4.78, 5) is 47.7. The van der Waals surface area contributed by atoms with Gasteiger partial charge >= 0.3 is 0 Å². The molecule has 8 heteroatoms. The Hall–Kier alpha value is -3.94. The van der Waals surface area contributed by atoms with E-state index >= 15 is 0 Å². The van der Waals surface area contributed by atoms with Crippen LogP contribution in [-0.2, 0) is 25.3 Å². The standard InChI is InChI=1S/C30H33N5O3/c1-32-24-9-5-3-7-21(24)19-26(32)29(38)34-16-13-30(14-17-34)15-18-35(20-30)27(36)12-11-23-28(37)33(2)25-10-6-4-8-22(25)31-23/h3-10,19H,11-18,20H2,1-2H3. The van der Waals surface area contributed by atoms with Crippen molar-refractivity contribution in [2.45, 2.75) is 32.1 Å². The molecule has 0 saturated carbocycles. The molecular weight excluding hydrogens is 478 g/mol. The number of amides is 2. The summed E-state index contributed by atoms with van der Waals surface area (Å²) in [6.07, 6.45) is 3.39. The Morgan fingerprint density at radius 1 is 0.868 bits per heavy atom. The predicted molar refractivity (Wildman–Crippen MR) is 147 cm³/mol. The molecule has 4 heterocycles. The van der Waals surface area contributed by atoms with E-state index in [1.807, 2.05) is 76.0 Å². The molecule has 0 bridgehead atoms. The van der Waals surface area contributed by atoms with Crippen molar-refractivity contribution in [3.05, 3.63) is 76.3 Å². The number of hydrogen-bond acceptors (Lipinski definition) is 4. The van der Waals surface area contributed by atoms with Gasteiger partial charge in [-0.3, -0.25) is 14.4 Å². The van der Waals surface area contributed by atoms with Crippen molar-refractivity contribution in [3.63, 3.8) is 0 Å². The van der Waals surface area contributed by atoms with Crippen molar-refractivity contribution in [2.24, 2.45) is 19.5 Å². The molecule has 2 aromatic carbocycles. The van der Waals surface area contributed by atoms with Crippen molar-refractivity contribution >= 4 is 33.8 Å². The van der Waals surface area contributed by atoms with Gasteiger partial charge in [-0.1, -0.05) is 30.3 Å². The largest absolute Gasteiger partial charge is 0.342 e. The van der Waals surface area contributed by atoms with Crippen LogP contribution in [0.15, 0.2) is 59.4 Å². The third-order valence-electron chi connectivity index (χ3n) is 8.70. The molecule has 1 spiro atoms. The lowest BCUT2D eigenvalue weighted by Gasteiger charge is -2.39. The van der Waals surface area contributed by atoms with Crippen LogP contribution in [0.5, 0.6) is 0 Å². The molecule has 196 valence electrons. The van der Waals surface area contributed by atoms with Gasteiger partial charge in [-0.25, -0.2) is 4.98 Å². The number of likely N-dealkylation sites (tertiary alicyclic amines) is 2. The van der Waals surface area contributed by atoms with Crippen LogP contribution in [0.3, 0.4) is 0 Å². The second-order valence-corrected chi connectivity index (χ2v) is 10.9. The second kappa shape index (κ2) is 9.42. The molecule has 2 saturated heterocycles. The molecule has 0 aliphatic carbocycles. The van der Waals surface area contributed by atoms with Gasteiger partial charge in [-0.05, 0) is 48.9 Å². The lowest BCUT2D eigenvalue weighted by molar-refractivity contribution is -0.130. The second-order valence-electron chi connectivity index (χ2n) is 10.9. The zero-order valence-corrected chi connectivity index (χ0v) is 22.0. The van der Waals surface area contributed by atoms with E-state index in [0.29, 0.717) is 25.2 Å². The number of rotatable bonds is 4. The minimum Gasteiger partial charge on any atom is -0.342 e. The smallest absolute Gasteiger partial charge is 0.272 e. The Morgan fingerprint density at radius 3 is 2.26 bits per heavy atom. The van der Waals surface area contributed by atoms with E-state index < -0.39 is 0 Å². The van der Waals surface area contributed by atoms with Gasteiger partial charge in [-0.15, -0.1) is 0 Å². The summed E-state index contributed by atoms with van der Waals surface area (Å²) in [6.45, 7) is 2.88. The Balaban J connectivity index is 1.07. The molecule has 6 rings (SSSR count). The van der Waals surface area contributed by atoms with Crippen LogP contribution < -0.4 is 5.56 Å². The molecule has 0 atom stereocenters. The highest BCUT2D eigenvalue weighted by atomic mass is 16.2. The molecule has 2 aromatic heterocycles. The lowest BCUT2D eigenvalue weighted by Crippen LogP contribution is -2.45. The fraction of sp³-hybridized carbons (Fsp3) is 0.400. The van der Waals surface area contributed by atoms with Gasteiger partial charge in [0.1, 0.15) is 11.4 Å². The highest BCUT2D eigenvalue weighted by Gasteiger charge is 2.43. The number of piperidine rings is 1. The topological polar surface area (TPSA) is 80.4 Å². The zero-order chi connectivity index (χ0) is 26.4. The van der Waals surface area contributed by atoms with Gasteiger partial charge in [-0.2, -0.15) is 0 Å². The summed E-state index contributed by atoms with van der Waals surface area (Å²) < 4.78 is 3.59. The normalized spacial score (nSPS) is 17.1. The van der Waals surface area contributed by atoms with Crippen LogP contribution in [0, 0.1) is 5.41 Å². The SMILES string of the molecule is Cn1c(C(=O)N2CCC3(CCN(C(=O)CCc4nc5ccccc5n(C)c4=O)C3)CC2)cc2ccccc21. The number of carbonyl (C=O) groups is 2. The number of hydrogen-bond donors (Lipinski definition) is 0. The van der Waals surface area contributed by atoms with Gasteiger partial charge in [0.15, 0.2) is 0 Å². The number of carbonyl (C=O) groups excluding carboxylic acids is 2. The van der Waals surface area contributed by atoms with Crippen LogP contribution in [0.4, 0.5) is 0 Å². The number of aromatic nitrogens is 3. The summed E-state index contributed by atoms with van der Waals surface area (Å²) >= 11 is 0. The van der Waals surface area contributed by atoms with E-state index in [1.165, 1.54) is 0 Å². The highest BCUT2D eigenvalue weighted by Crippen LogP contribution is 2.41. The van der Waals surface area contributed by atoms with Gasteiger partial charge < -0.3 is 18.9 Å². The summed E-state index contributed by atoms with van der Waals surface area (Å²) in [6, 6.07) is 17.6. The Labute approximate surface area is 221 Å². The number of benzene rings is 2. The average Bonchev–Trinajstić information content (AvgIpc) is 3.51. The third kappa shape index (κ3) is 4.18. The van der Waals surface area contributed by atoms with Crippen LogP contribution in [-0.4, -0.2) is 61.9 Å². The highest BCUT2D eigenvalue weighted by molar-refractivity contribution is 5.98.